The van der Waals surface area contributed by atoms with Crippen LogP contribution in [-0.4, -0.2) is 80.4 Å². The number of alkyl carbamates (subject to hydrolysis) is 1. The van der Waals surface area contributed by atoms with E-state index in [1.165, 1.54) is 29.2 Å². The van der Waals surface area contributed by atoms with Crippen molar-refractivity contribution in [1.29, 1.82) is 0 Å². The van der Waals surface area contributed by atoms with Crippen LogP contribution in [-0.2, 0) is 48.1 Å². The largest absolute Gasteiger partial charge is 0.457 e. The van der Waals surface area contributed by atoms with E-state index in [1.54, 1.807) is 38.1 Å². The molecule has 44 heavy (non-hydrogen) atoms. The molecule has 1 aliphatic rings. The molecule has 1 aromatic heterocycles. The summed E-state index contributed by atoms with van der Waals surface area (Å²) in [4.78, 5) is 74.0. The van der Waals surface area contributed by atoms with Crippen LogP contribution in [0.2, 0.25) is 0 Å². The molecule has 3 unspecified atom stereocenters. The molecule has 3 atom stereocenters. The minimum Gasteiger partial charge on any atom is -0.457 e. The number of carbonyl (C=O) groups excluding carboxylic acids is 5. The van der Waals surface area contributed by atoms with E-state index in [-0.39, 0.29) is 31.1 Å². The minimum atomic E-state index is -1.20. The molecule has 0 radical (unpaired) electrons. The van der Waals surface area contributed by atoms with Gasteiger partial charge < -0.3 is 30.0 Å². The van der Waals surface area contributed by atoms with Crippen LogP contribution in [0.15, 0.2) is 73.2 Å². The second-order valence-electron chi connectivity index (χ2n) is 10.4. The second-order valence-corrected chi connectivity index (χ2v) is 11.4. The van der Waals surface area contributed by atoms with Gasteiger partial charge in [-0.3, -0.25) is 14.4 Å². The van der Waals surface area contributed by atoms with Gasteiger partial charge in [-0.25, -0.2) is 14.6 Å². The Kier molecular flexibility index (Phi) is 11.5. The van der Waals surface area contributed by atoms with E-state index >= 15 is 0 Å². The third-order valence-electron chi connectivity index (χ3n) is 6.71. The lowest BCUT2D eigenvalue weighted by molar-refractivity contribution is -0.158. The Morgan fingerprint density at radius 3 is 2.27 bits per heavy atom. The number of thioether (sulfide) groups is 1. The molecule has 0 bridgehead atoms. The summed E-state index contributed by atoms with van der Waals surface area (Å²) in [5, 5.41) is 5.32. The van der Waals surface area contributed by atoms with Crippen molar-refractivity contribution in [3.8, 4) is 0 Å². The quantitative estimate of drug-likeness (QED) is 0.192. The fourth-order valence-electron chi connectivity index (χ4n) is 4.54. The Morgan fingerprint density at radius 2 is 1.64 bits per heavy atom. The lowest BCUT2D eigenvalue weighted by Gasteiger charge is -2.29. The summed E-state index contributed by atoms with van der Waals surface area (Å²) in [6.45, 7) is 3.26. The Morgan fingerprint density at radius 1 is 0.955 bits per heavy atom. The maximum Gasteiger partial charge on any atom is 0.408 e. The smallest absolute Gasteiger partial charge is 0.408 e. The number of hydrogen-bond acceptors (Lipinski definition) is 9. The molecule has 2 heterocycles. The molecule has 232 valence electrons. The van der Waals surface area contributed by atoms with E-state index in [0.29, 0.717) is 5.69 Å². The first kappa shape index (κ1) is 32.3. The number of ketones is 1. The van der Waals surface area contributed by atoms with E-state index < -0.39 is 53.9 Å². The Labute approximate surface area is 259 Å². The summed E-state index contributed by atoms with van der Waals surface area (Å²) < 4.78 is 10.4. The molecule has 0 aliphatic carbocycles. The van der Waals surface area contributed by atoms with Crippen molar-refractivity contribution in [2.75, 3.05) is 11.6 Å². The number of carbonyl (C=O) groups is 5. The molecule has 3 aromatic rings. The van der Waals surface area contributed by atoms with Crippen molar-refractivity contribution in [3.05, 3.63) is 90.0 Å². The topological polar surface area (TPSA) is 160 Å². The summed E-state index contributed by atoms with van der Waals surface area (Å²) in [6, 6.07) is 14.8. The van der Waals surface area contributed by atoms with Crippen LogP contribution in [0.5, 0.6) is 0 Å². The fraction of sp³-hybridized carbons (Fsp3) is 0.355. The van der Waals surface area contributed by atoms with Crippen molar-refractivity contribution >= 4 is 41.4 Å². The minimum absolute atomic E-state index is 0.0122. The molecular formula is C31H35N5O7S. The molecule has 1 fully saturated rings. The molecule has 12 nitrogen and oxygen atoms in total. The van der Waals surface area contributed by atoms with Crippen molar-refractivity contribution in [3.63, 3.8) is 0 Å². The van der Waals surface area contributed by atoms with Crippen LogP contribution in [0.4, 0.5) is 4.79 Å². The molecule has 0 spiro atoms. The van der Waals surface area contributed by atoms with Gasteiger partial charge in [0, 0.05) is 30.5 Å². The number of nitrogens with one attached hydrogen (secondary N) is 3. The summed E-state index contributed by atoms with van der Waals surface area (Å²) in [5.74, 6) is -2.60. The number of ether oxygens (including phenoxy) is 2. The molecule has 1 saturated heterocycles. The monoisotopic (exact) mass is 621 g/mol. The highest BCUT2D eigenvalue weighted by molar-refractivity contribution is 7.99. The number of Topliss-reactive ketones (excluding diaryl/α,β-unsaturated/α-hetero) is 1. The van der Waals surface area contributed by atoms with Crippen LogP contribution < -0.4 is 10.6 Å². The van der Waals surface area contributed by atoms with Crippen molar-refractivity contribution < 1.29 is 33.4 Å². The van der Waals surface area contributed by atoms with Gasteiger partial charge in [-0.2, -0.15) is 0 Å². The number of aromatic nitrogens is 2. The van der Waals surface area contributed by atoms with Crippen molar-refractivity contribution in [1.82, 2.24) is 25.5 Å². The predicted octanol–water partition coefficient (Wildman–Crippen LogP) is 2.40. The highest BCUT2D eigenvalue weighted by Crippen LogP contribution is 2.23. The van der Waals surface area contributed by atoms with Gasteiger partial charge in [0.05, 0.1) is 18.3 Å². The first-order chi connectivity index (χ1) is 21.2. The van der Waals surface area contributed by atoms with E-state index in [9.17, 15) is 24.0 Å². The summed E-state index contributed by atoms with van der Waals surface area (Å²) in [5.41, 5.74) is 2.11. The molecular weight excluding hydrogens is 586 g/mol. The number of rotatable bonds is 13. The van der Waals surface area contributed by atoms with E-state index in [0.717, 1.165) is 11.1 Å². The third-order valence-corrected chi connectivity index (χ3v) is 7.72. The first-order valence-corrected chi connectivity index (χ1v) is 15.3. The molecule has 3 N–H and O–H groups in total. The maximum atomic E-state index is 13.8. The number of amides is 3. The number of hydrogen-bond donors (Lipinski definition) is 3. The molecule has 2 aromatic carbocycles. The lowest BCUT2D eigenvalue weighted by Crippen LogP contribution is -2.57. The van der Waals surface area contributed by atoms with Gasteiger partial charge in [0.25, 0.3) is 5.78 Å². The molecule has 1 aliphatic heterocycles. The van der Waals surface area contributed by atoms with E-state index in [4.69, 9.17) is 9.47 Å². The van der Waals surface area contributed by atoms with E-state index in [1.807, 2.05) is 36.4 Å². The normalized spacial score (nSPS) is 15.7. The Hall–Kier alpha value is -4.65. The third kappa shape index (κ3) is 9.17. The number of esters is 1. The zero-order valence-corrected chi connectivity index (χ0v) is 25.3. The number of aromatic amines is 1. The first-order valence-electron chi connectivity index (χ1n) is 14.1. The molecule has 0 saturated carbocycles. The van der Waals surface area contributed by atoms with Crippen LogP contribution in [0.3, 0.4) is 0 Å². The molecule has 4 rings (SSSR count). The van der Waals surface area contributed by atoms with Gasteiger partial charge in [-0.15, -0.1) is 11.8 Å². The average Bonchev–Trinajstić information content (AvgIpc) is 3.72. The fourth-order valence-corrected chi connectivity index (χ4v) is 5.71. The molecule has 3 amide bonds. The zero-order valence-electron chi connectivity index (χ0n) is 24.4. The SMILES string of the molecule is CC(C)OC(=O)C(=O)C(Cc1ccccc1)NC(=O)C1CSCN1C(=O)C(Cc1cnc[nH]1)NC(=O)OCc1ccccc1. The highest BCUT2D eigenvalue weighted by atomic mass is 32.2. The van der Waals surface area contributed by atoms with Gasteiger partial charge in [-0.1, -0.05) is 60.7 Å². The zero-order chi connectivity index (χ0) is 31.5. The van der Waals surface area contributed by atoms with Crippen LogP contribution in [0, 0.1) is 0 Å². The number of benzene rings is 2. The molecule has 13 heteroatoms. The van der Waals surface area contributed by atoms with E-state index in [2.05, 4.69) is 20.6 Å². The van der Waals surface area contributed by atoms with Gasteiger partial charge >= 0.3 is 12.1 Å². The number of nitrogens with zero attached hydrogens (tertiary/aromatic N) is 2. The lowest BCUT2D eigenvalue weighted by atomic mass is 10.0. The summed E-state index contributed by atoms with van der Waals surface area (Å²) >= 11 is 1.36. The highest BCUT2D eigenvalue weighted by Gasteiger charge is 2.40. The van der Waals surface area contributed by atoms with Crippen molar-refractivity contribution in [2.45, 2.75) is 57.5 Å². The predicted molar refractivity (Wildman–Crippen MR) is 162 cm³/mol. The summed E-state index contributed by atoms with van der Waals surface area (Å²) in [7, 11) is 0. The van der Waals surface area contributed by atoms with Gasteiger partial charge in [0.15, 0.2) is 0 Å². The Bertz CT molecular complexity index is 1420. The van der Waals surface area contributed by atoms with Gasteiger partial charge in [0.1, 0.15) is 24.7 Å². The van der Waals surface area contributed by atoms with Crippen LogP contribution >= 0.6 is 11.8 Å². The summed E-state index contributed by atoms with van der Waals surface area (Å²) in [6.07, 6.45) is 1.82. The average molecular weight is 622 g/mol. The van der Waals surface area contributed by atoms with Crippen LogP contribution in [0.1, 0.15) is 30.7 Å². The second kappa shape index (κ2) is 15.7. The van der Waals surface area contributed by atoms with Crippen LogP contribution in [0.25, 0.3) is 0 Å². The Balaban J connectivity index is 1.47. The number of H-pyrrole nitrogens is 1. The van der Waals surface area contributed by atoms with Crippen molar-refractivity contribution in [2.24, 2.45) is 0 Å². The maximum absolute atomic E-state index is 13.8. The standard InChI is InChI=1S/C31H35N5O7S/c1-20(2)43-30(40)27(37)24(13-21-9-5-3-6-10-21)34-28(38)26-17-44-19-36(26)29(39)25(14-23-15-32-18-33-23)35-31(41)42-16-22-11-7-4-8-12-22/h3-12,15,18,20,24-26H,13-14,16-17,19H2,1-2H3,(H,32,33)(H,34,38)(H,35,41). The van der Waals surface area contributed by atoms with Gasteiger partial charge in [0.2, 0.25) is 11.8 Å². The van der Waals surface area contributed by atoms with Gasteiger partial charge in [-0.05, 0) is 25.0 Å². The number of imidazole rings is 1.